The van der Waals surface area contributed by atoms with Crippen molar-refractivity contribution in [3.8, 4) is 0 Å². The van der Waals surface area contributed by atoms with Crippen LogP contribution >= 0.6 is 11.8 Å². The Morgan fingerprint density at radius 1 is 0.950 bits per heavy atom. The van der Waals surface area contributed by atoms with E-state index >= 15 is 0 Å². The summed E-state index contributed by atoms with van der Waals surface area (Å²) in [4.78, 5) is 0. The predicted molar refractivity (Wildman–Crippen MR) is 87.4 cm³/mol. The smallest absolute Gasteiger partial charge is 0.151 e. The first-order valence-corrected chi connectivity index (χ1v) is 10.4. The van der Waals surface area contributed by atoms with Crippen LogP contribution < -0.4 is 0 Å². The van der Waals surface area contributed by atoms with Gasteiger partial charge in [0.2, 0.25) is 0 Å². The van der Waals surface area contributed by atoms with Crippen LogP contribution in [-0.2, 0) is 19.3 Å². The number of rotatable bonds is 14. The zero-order valence-corrected chi connectivity index (χ0v) is 14.7. The maximum atomic E-state index is 11.7. The Labute approximate surface area is 128 Å². The summed E-state index contributed by atoms with van der Waals surface area (Å²) < 4.78 is 34.1. The van der Waals surface area contributed by atoms with Gasteiger partial charge in [-0.15, -0.1) is 0 Å². The lowest BCUT2D eigenvalue weighted by Crippen LogP contribution is -2.15. The fourth-order valence-corrected chi connectivity index (χ4v) is 4.35. The van der Waals surface area contributed by atoms with Crippen molar-refractivity contribution in [2.45, 2.75) is 33.6 Å². The van der Waals surface area contributed by atoms with E-state index in [4.69, 9.17) is 9.47 Å². The molecule has 0 N–H and O–H groups in total. The minimum Gasteiger partial charge on any atom is -0.379 e. The van der Waals surface area contributed by atoms with Crippen molar-refractivity contribution >= 4 is 21.6 Å². The van der Waals surface area contributed by atoms with Crippen LogP contribution in [0.1, 0.15) is 33.6 Å². The van der Waals surface area contributed by atoms with Gasteiger partial charge in [-0.3, -0.25) is 0 Å². The van der Waals surface area contributed by atoms with Crippen molar-refractivity contribution in [1.82, 2.24) is 0 Å². The molecule has 0 aromatic carbocycles. The molecule has 122 valence electrons. The molecule has 0 aliphatic rings. The van der Waals surface area contributed by atoms with Gasteiger partial charge in [0.1, 0.15) is 0 Å². The van der Waals surface area contributed by atoms with E-state index in [0.717, 1.165) is 25.2 Å². The zero-order chi connectivity index (χ0) is 15.3. The normalized spacial score (nSPS) is 12.2. The Bertz CT molecular complexity index is 302. The quantitative estimate of drug-likeness (QED) is 0.459. The summed E-state index contributed by atoms with van der Waals surface area (Å²) >= 11 is 1.64. The molecule has 0 heterocycles. The second kappa shape index (κ2) is 12.9. The number of hydrogen-bond donors (Lipinski definition) is 0. The van der Waals surface area contributed by atoms with Gasteiger partial charge in [-0.05, 0) is 18.8 Å². The van der Waals surface area contributed by atoms with E-state index < -0.39 is 9.84 Å². The predicted octanol–water partition coefficient (Wildman–Crippen LogP) is 2.62. The van der Waals surface area contributed by atoms with Crippen molar-refractivity contribution in [2.24, 2.45) is 5.92 Å². The van der Waals surface area contributed by atoms with Gasteiger partial charge in [0, 0.05) is 18.1 Å². The van der Waals surface area contributed by atoms with Crippen LogP contribution in [-0.4, -0.2) is 57.9 Å². The van der Waals surface area contributed by atoms with E-state index in [1.54, 1.807) is 11.8 Å². The Balaban J connectivity index is 3.34. The van der Waals surface area contributed by atoms with Gasteiger partial charge in [-0.25, -0.2) is 8.42 Å². The van der Waals surface area contributed by atoms with Gasteiger partial charge in [-0.1, -0.05) is 20.8 Å². The number of sulfone groups is 1. The molecule has 0 saturated heterocycles. The first kappa shape index (κ1) is 20.2. The lowest BCUT2D eigenvalue weighted by atomic mass is 10.2. The molecule has 0 unspecified atom stereocenters. The summed E-state index contributed by atoms with van der Waals surface area (Å²) in [7, 11) is -2.87. The highest BCUT2D eigenvalue weighted by Gasteiger charge is 2.11. The third-order valence-corrected chi connectivity index (χ3v) is 5.53. The number of ether oxygens (including phenoxy) is 2. The van der Waals surface area contributed by atoms with Gasteiger partial charge in [-0.2, -0.15) is 11.8 Å². The van der Waals surface area contributed by atoms with Crippen LogP contribution in [0.3, 0.4) is 0 Å². The standard InChI is InChI=1S/C14H30O4S2/c1-4-6-17-7-8-18-9-10-19-11-13-20(15,16)12-5-14(2)3/h14H,4-13H2,1-3H3. The Morgan fingerprint density at radius 2 is 1.60 bits per heavy atom. The van der Waals surface area contributed by atoms with E-state index in [2.05, 4.69) is 6.92 Å². The summed E-state index contributed by atoms with van der Waals surface area (Å²) in [6, 6.07) is 0. The summed E-state index contributed by atoms with van der Waals surface area (Å²) in [5.41, 5.74) is 0. The molecule has 0 atom stereocenters. The van der Waals surface area contributed by atoms with Crippen LogP contribution in [0.15, 0.2) is 0 Å². The molecule has 0 radical (unpaired) electrons. The van der Waals surface area contributed by atoms with Crippen LogP contribution in [0.2, 0.25) is 0 Å². The fourth-order valence-electron chi connectivity index (χ4n) is 1.39. The topological polar surface area (TPSA) is 52.6 Å². The highest BCUT2D eigenvalue weighted by Crippen LogP contribution is 2.07. The largest absolute Gasteiger partial charge is 0.379 e. The molecule has 0 fully saturated rings. The summed E-state index contributed by atoms with van der Waals surface area (Å²) in [5, 5.41) is 0. The molecule has 6 heteroatoms. The van der Waals surface area contributed by atoms with Gasteiger partial charge in [0.15, 0.2) is 9.84 Å². The molecular formula is C14H30O4S2. The molecule has 0 rings (SSSR count). The highest BCUT2D eigenvalue weighted by atomic mass is 32.2. The van der Waals surface area contributed by atoms with E-state index in [9.17, 15) is 8.42 Å². The summed E-state index contributed by atoms with van der Waals surface area (Å²) in [5.74, 6) is 2.55. The highest BCUT2D eigenvalue weighted by molar-refractivity contribution is 8.00. The first-order valence-electron chi connectivity index (χ1n) is 7.41. The lowest BCUT2D eigenvalue weighted by molar-refractivity contribution is 0.0541. The molecule has 0 spiro atoms. The molecule has 0 bridgehead atoms. The molecule has 0 aromatic rings. The van der Waals surface area contributed by atoms with Gasteiger partial charge in [0.25, 0.3) is 0 Å². The van der Waals surface area contributed by atoms with Crippen LogP contribution in [0.4, 0.5) is 0 Å². The second-order valence-corrected chi connectivity index (χ2v) is 8.70. The third kappa shape index (κ3) is 14.6. The Hall–Kier alpha value is 0.220. The minimum absolute atomic E-state index is 0.282. The second-order valence-electron chi connectivity index (χ2n) is 5.17. The first-order chi connectivity index (χ1) is 9.48. The average Bonchev–Trinajstić information content (AvgIpc) is 2.39. The molecule has 20 heavy (non-hydrogen) atoms. The third-order valence-electron chi connectivity index (χ3n) is 2.64. The fraction of sp³-hybridized carbons (Fsp3) is 1.00. The minimum atomic E-state index is -2.87. The van der Waals surface area contributed by atoms with Gasteiger partial charge >= 0.3 is 0 Å². The van der Waals surface area contributed by atoms with E-state index in [0.29, 0.717) is 37.2 Å². The molecular weight excluding hydrogens is 296 g/mol. The van der Waals surface area contributed by atoms with E-state index in [1.165, 1.54) is 0 Å². The lowest BCUT2D eigenvalue weighted by Gasteiger charge is -2.07. The average molecular weight is 327 g/mol. The molecule has 0 aliphatic heterocycles. The van der Waals surface area contributed by atoms with Crippen molar-refractivity contribution in [1.29, 1.82) is 0 Å². The van der Waals surface area contributed by atoms with Gasteiger partial charge in [0.05, 0.1) is 31.3 Å². The van der Waals surface area contributed by atoms with Crippen molar-refractivity contribution in [3.05, 3.63) is 0 Å². The number of hydrogen-bond acceptors (Lipinski definition) is 5. The maximum absolute atomic E-state index is 11.7. The number of thioether (sulfide) groups is 1. The molecule has 0 aliphatic carbocycles. The van der Waals surface area contributed by atoms with Crippen LogP contribution in [0.5, 0.6) is 0 Å². The maximum Gasteiger partial charge on any atom is 0.151 e. The zero-order valence-electron chi connectivity index (χ0n) is 13.1. The Kier molecular flexibility index (Phi) is 13.1. The summed E-state index contributed by atoms with van der Waals surface area (Å²) in [6.07, 6.45) is 1.79. The van der Waals surface area contributed by atoms with Crippen molar-refractivity contribution < 1.29 is 17.9 Å². The molecule has 0 amide bonds. The van der Waals surface area contributed by atoms with Crippen LogP contribution in [0.25, 0.3) is 0 Å². The van der Waals surface area contributed by atoms with Crippen molar-refractivity contribution in [3.63, 3.8) is 0 Å². The summed E-state index contributed by atoms with van der Waals surface area (Å²) in [6.45, 7) is 8.87. The van der Waals surface area contributed by atoms with E-state index in [-0.39, 0.29) is 5.75 Å². The molecule has 0 saturated carbocycles. The monoisotopic (exact) mass is 326 g/mol. The molecule has 0 aromatic heterocycles. The molecule has 4 nitrogen and oxygen atoms in total. The van der Waals surface area contributed by atoms with E-state index in [1.807, 2.05) is 13.8 Å². The SMILES string of the molecule is CCCOCCOCCSCCS(=O)(=O)CCC(C)C. The Morgan fingerprint density at radius 3 is 2.20 bits per heavy atom. The van der Waals surface area contributed by atoms with Crippen LogP contribution in [0, 0.1) is 5.92 Å². The van der Waals surface area contributed by atoms with Gasteiger partial charge < -0.3 is 9.47 Å². The van der Waals surface area contributed by atoms with Crippen molar-refractivity contribution in [2.75, 3.05) is 49.4 Å².